The number of rotatable bonds is 11. The van der Waals surface area contributed by atoms with Crippen LogP contribution in [-0.4, -0.2) is 29.7 Å². The van der Waals surface area contributed by atoms with Gasteiger partial charge < -0.3 is 20.0 Å². The van der Waals surface area contributed by atoms with Gasteiger partial charge in [0.25, 0.3) is 0 Å². The number of hydrogen-bond donors (Lipinski definition) is 2. The maximum atomic E-state index is 12.4. The number of oxime groups is 1. The van der Waals surface area contributed by atoms with Crippen molar-refractivity contribution in [2.24, 2.45) is 5.16 Å². The number of nitrogens with zero attached hydrogens (tertiary/aromatic N) is 1. The second kappa shape index (κ2) is 12.0. The van der Waals surface area contributed by atoms with Crippen LogP contribution in [0.25, 0.3) is 11.1 Å². The molecular weight excluding hydrogens is 461 g/mol. The molecule has 0 spiro atoms. The molecular formula is C26H25F3N2O4. The van der Waals surface area contributed by atoms with Crippen molar-refractivity contribution in [2.45, 2.75) is 32.9 Å². The number of nitrogens with one attached hydrogen (secondary N) is 1. The monoisotopic (exact) mass is 486 g/mol. The highest BCUT2D eigenvalue weighted by molar-refractivity contribution is 5.98. The van der Waals surface area contributed by atoms with Crippen molar-refractivity contribution >= 4 is 11.7 Å². The summed E-state index contributed by atoms with van der Waals surface area (Å²) in [5, 5.41) is 15.9. The van der Waals surface area contributed by atoms with E-state index in [2.05, 4.69) is 15.2 Å². The van der Waals surface area contributed by atoms with Crippen LogP contribution in [0.3, 0.4) is 0 Å². The minimum atomic E-state index is -4.74. The zero-order valence-electron chi connectivity index (χ0n) is 19.0. The summed E-state index contributed by atoms with van der Waals surface area (Å²) in [5.74, 6) is -1.10. The van der Waals surface area contributed by atoms with E-state index in [4.69, 9.17) is 9.94 Å². The number of carboxylic acid groups (broad SMARTS) is 1. The quantitative estimate of drug-likeness (QED) is 0.205. The minimum Gasteiger partial charge on any atom is -0.481 e. The molecule has 3 aromatic rings. The topological polar surface area (TPSA) is 80.2 Å². The maximum Gasteiger partial charge on any atom is 0.573 e. The molecule has 184 valence electrons. The van der Waals surface area contributed by atoms with E-state index in [1.54, 1.807) is 18.2 Å². The Labute approximate surface area is 201 Å². The first-order valence-electron chi connectivity index (χ1n) is 10.8. The van der Waals surface area contributed by atoms with Crippen LogP contribution in [0.4, 0.5) is 13.2 Å². The van der Waals surface area contributed by atoms with Crippen LogP contribution in [0.5, 0.6) is 5.75 Å². The van der Waals surface area contributed by atoms with Gasteiger partial charge >= 0.3 is 12.3 Å². The summed E-state index contributed by atoms with van der Waals surface area (Å²) in [4.78, 5) is 16.0. The van der Waals surface area contributed by atoms with Gasteiger partial charge in [-0.25, -0.2) is 0 Å². The second-order valence-corrected chi connectivity index (χ2v) is 7.74. The molecule has 0 unspecified atom stereocenters. The van der Waals surface area contributed by atoms with Gasteiger partial charge in [0.1, 0.15) is 12.4 Å². The fraction of sp³-hybridized carbons (Fsp3) is 0.231. The number of aliphatic carboxylic acids is 1. The molecule has 0 aliphatic heterocycles. The van der Waals surface area contributed by atoms with Crippen LogP contribution in [-0.2, 0) is 22.8 Å². The summed E-state index contributed by atoms with van der Waals surface area (Å²) in [6.07, 6.45) is -4.66. The molecule has 0 aliphatic rings. The zero-order chi connectivity index (χ0) is 25.3. The number of carboxylic acids is 1. The molecule has 3 rings (SSSR count). The van der Waals surface area contributed by atoms with Crippen LogP contribution in [0.1, 0.15) is 30.0 Å². The second-order valence-electron chi connectivity index (χ2n) is 7.74. The van der Waals surface area contributed by atoms with E-state index in [0.717, 1.165) is 22.3 Å². The minimum absolute atomic E-state index is 0.0774. The van der Waals surface area contributed by atoms with Gasteiger partial charge in [0.2, 0.25) is 0 Å². The zero-order valence-corrected chi connectivity index (χ0v) is 19.0. The number of halogens is 3. The Morgan fingerprint density at radius 3 is 2.31 bits per heavy atom. The Morgan fingerprint density at radius 2 is 1.66 bits per heavy atom. The predicted molar refractivity (Wildman–Crippen MR) is 126 cm³/mol. The standard InChI is InChI=1S/C26H25F3N2O4/c1-18(21-9-5-19(6-10-21)16-30-14-13-25(32)33)31-34-17-20-7-11-22(12-8-20)23-3-2-4-24(15-23)35-26(27,28)29/h2-12,15,30H,13-14,16-17H2,1H3,(H,32,33). The van der Waals surface area contributed by atoms with Crippen molar-refractivity contribution in [3.05, 3.63) is 89.5 Å². The molecule has 0 saturated carbocycles. The largest absolute Gasteiger partial charge is 0.573 e. The lowest BCUT2D eigenvalue weighted by Gasteiger charge is -2.10. The molecule has 2 N–H and O–H groups in total. The van der Waals surface area contributed by atoms with Crippen molar-refractivity contribution in [2.75, 3.05) is 6.54 Å². The fourth-order valence-electron chi connectivity index (χ4n) is 3.21. The average Bonchev–Trinajstić information content (AvgIpc) is 2.81. The Kier molecular flexibility index (Phi) is 8.86. The van der Waals surface area contributed by atoms with E-state index in [9.17, 15) is 18.0 Å². The van der Waals surface area contributed by atoms with Gasteiger partial charge in [0.05, 0.1) is 12.1 Å². The normalized spacial score (nSPS) is 11.8. The SMILES string of the molecule is CC(=NOCc1ccc(-c2cccc(OC(F)(F)F)c2)cc1)c1ccc(CNCCC(=O)O)cc1. The first-order valence-corrected chi connectivity index (χ1v) is 10.8. The van der Waals surface area contributed by atoms with Gasteiger partial charge in [0.15, 0.2) is 0 Å². The Balaban J connectivity index is 1.51. The molecule has 0 saturated heterocycles. The summed E-state index contributed by atoms with van der Waals surface area (Å²) in [6.45, 7) is 3.06. The molecule has 6 nitrogen and oxygen atoms in total. The summed E-state index contributed by atoms with van der Waals surface area (Å²) >= 11 is 0. The molecule has 35 heavy (non-hydrogen) atoms. The highest BCUT2D eigenvalue weighted by Gasteiger charge is 2.31. The van der Waals surface area contributed by atoms with E-state index < -0.39 is 12.3 Å². The van der Waals surface area contributed by atoms with E-state index in [1.165, 1.54) is 18.2 Å². The highest BCUT2D eigenvalue weighted by Crippen LogP contribution is 2.28. The first kappa shape index (κ1) is 25.8. The lowest BCUT2D eigenvalue weighted by atomic mass is 10.0. The Hall–Kier alpha value is -3.85. The third-order valence-corrected chi connectivity index (χ3v) is 5.00. The Bertz CT molecular complexity index is 1140. The predicted octanol–water partition coefficient (Wildman–Crippen LogP) is 5.76. The lowest BCUT2D eigenvalue weighted by Crippen LogP contribution is -2.17. The van der Waals surface area contributed by atoms with Crippen molar-refractivity contribution in [1.82, 2.24) is 5.32 Å². The lowest BCUT2D eigenvalue weighted by molar-refractivity contribution is -0.274. The molecule has 0 aliphatic carbocycles. The van der Waals surface area contributed by atoms with Crippen LogP contribution in [0.15, 0.2) is 78.0 Å². The number of benzene rings is 3. The van der Waals surface area contributed by atoms with Crippen LogP contribution in [0, 0.1) is 0 Å². The molecule has 0 radical (unpaired) electrons. The summed E-state index contributed by atoms with van der Waals surface area (Å²) in [6, 6.07) is 20.8. The molecule has 3 aromatic carbocycles. The summed E-state index contributed by atoms with van der Waals surface area (Å²) < 4.78 is 41.3. The number of alkyl halides is 3. The summed E-state index contributed by atoms with van der Waals surface area (Å²) in [7, 11) is 0. The molecule has 0 atom stereocenters. The van der Waals surface area contributed by atoms with E-state index >= 15 is 0 Å². The van der Waals surface area contributed by atoms with Gasteiger partial charge in [0, 0.05) is 13.1 Å². The van der Waals surface area contributed by atoms with Crippen LogP contribution in [0.2, 0.25) is 0 Å². The molecule has 0 amide bonds. The molecule has 0 aromatic heterocycles. The van der Waals surface area contributed by atoms with Gasteiger partial charge in [-0.05, 0) is 46.9 Å². The van der Waals surface area contributed by atoms with Gasteiger partial charge in [-0.3, -0.25) is 4.79 Å². The van der Waals surface area contributed by atoms with E-state index in [0.29, 0.717) is 24.4 Å². The fourth-order valence-corrected chi connectivity index (χ4v) is 3.21. The third kappa shape index (κ3) is 8.78. The maximum absolute atomic E-state index is 12.4. The number of hydrogen-bond acceptors (Lipinski definition) is 5. The third-order valence-electron chi connectivity index (χ3n) is 5.00. The smallest absolute Gasteiger partial charge is 0.481 e. The van der Waals surface area contributed by atoms with Gasteiger partial charge in [-0.2, -0.15) is 0 Å². The van der Waals surface area contributed by atoms with Crippen molar-refractivity contribution in [3.8, 4) is 16.9 Å². The molecule has 0 fully saturated rings. The molecule has 9 heteroatoms. The van der Waals surface area contributed by atoms with Crippen LogP contribution >= 0.6 is 0 Å². The number of ether oxygens (including phenoxy) is 1. The highest BCUT2D eigenvalue weighted by atomic mass is 19.4. The van der Waals surface area contributed by atoms with Crippen molar-refractivity contribution in [1.29, 1.82) is 0 Å². The van der Waals surface area contributed by atoms with E-state index in [1.807, 2.05) is 43.3 Å². The molecule has 0 heterocycles. The van der Waals surface area contributed by atoms with Crippen molar-refractivity contribution in [3.63, 3.8) is 0 Å². The average molecular weight is 486 g/mol. The van der Waals surface area contributed by atoms with Gasteiger partial charge in [-0.15, -0.1) is 13.2 Å². The van der Waals surface area contributed by atoms with Gasteiger partial charge in [-0.1, -0.05) is 65.8 Å². The summed E-state index contributed by atoms with van der Waals surface area (Å²) in [5.41, 5.74) is 4.84. The van der Waals surface area contributed by atoms with E-state index in [-0.39, 0.29) is 18.8 Å². The molecule has 0 bridgehead atoms. The first-order chi connectivity index (χ1) is 16.7. The Morgan fingerprint density at radius 1 is 0.971 bits per heavy atom. The van der Waals surface area contributed by atoms with Crippen LogP contribution < -0.4 is 10.1 Å². The number of carbonyl (C=O) groups is 1. The van der Waals surface area contributed by atoms with Crippen molar-refractivity contribution < 1.29 is 32.6 Å².